The van der Waals surface area contributed by atoms with E-state index in [-0.39, 0.29) is 23.9 Å². The first-order valence-corrected chi connectivity index (χ1v) is 7.87. The van der Waals surface area contributed by atoms with Gasteiger partial charge >= 0.3 is 11.9 Å². The predicted octanol–water partition coefficient (Wildman–Crippen LogP) is 3.64. The molecule has 0 bridgehead atoms. The molecule has 1 atom stereocenters. The molecule has 0 radical (unpaired) electrons. The third kappa shape index (κ3) is 5.51. The Balaban J connectivity index is 2.43. The number of hydrogen-bond acceptors (Lipinski definition) is 3. The number of carboxylic acids is 1. The first-order chi connectivity index (χ1) is 9.43. The van der Waals surface area contributed by atoms with E-state index in [1.54, 1.807) is 0 Å². The smallest absolute Gasteiger partial charge is 0.309 e. The van der Waals surface area contributed by atoms with Crippen LogP contribution in [0.25, 0.3) is 0 Å². The van der Waals surface area contributed by atoms with Crippen molar-refractivity contribution in [2.45, 2.75) is 71.8 Å². The molecule has 0 heterocycles. The van der Waals surface area contributed by atoms with Crippen molar-refractivity contribution in [3.8, 4) is 0 Å². The van der Waals surface area contributed by atoms with Gasteiger partial charge in [0, 0.05) is 0 Å². The monoisotopic (exact) mass is 284 g/mol. The Hall–Kier alpha value is -1.06. The lowest BCUT2D eigenvalue weighted by molar-refractivity contribution is -0.158. The van der Waals surface area contributed by atoms with Gasteiger partial charge in [0.15, 0.2) is 0 Å². The Morgan fingerprint density at radius 3 is 2.15 bits per heavy atom. The fraction of sp³-hybridized carbons (Fsp3) is 0.875. The maximum atomic E-state index is 12.2. The SMILES string of the molecule is CCCC(CC(C)C)OC(=O)C1CCC(C(=O)O)CC1. The van der Waals surface area contributed by atoms with E-state index in [0.717, 1.165) is 19.3 Å². The minimum Gasteiger partial charge on any atom is -0.481 e. The summed E-state index contributed by atoms with van der Waals surface area (Å²) in [4.78, 5) is 23.1. The summed E-state index contributed by atoms with van der Waals surface area (Å²) in [5.41, 5.74) is 0. The molecule has 0 amide bonds. The highest BCUT2D eigenvalue weighted by atomic mass is 16.5. The molecule has 1 aliphatic rings. The van der Waals surface area contributed by atoms with Gasteiger partial charge in [0.25, 0.3) is 0 Å². The Morgan fingerprint density at radius 1 is 1.15 bits per heavy atom. The van der Waals surface area contributed by atoms with E-state index in [1.165, 1.54) is 0 Å². The first kappa shape index (κ1) is 17.0. The standard InChI is InChI=1S/C16H28O4/c1-4-5-14(10-11(2)3)20-16(19)13-8-6-12(7-9-13)15(17)18/h11-14H,4-10H2,1-3H3,(H,17,18). The van der Waals surface area contributed by atoms with E-state index >= 15 is 0 Å². The van der Waals surface area contributed by atoms with Gasteiger partial charge in [0.05, 0.1) is 11.8 Å². The van der Waals surface area contributed by atoms with E-state index in [0.29, 0.717) is 31.6 Å². The Morgan fingerprint density at radius 2 is 1.70 bits per heavy atom. The number of carbonyl (C=O) groups is 2. The van der Waals surface area contributed by atoms with E-state index in [1.807, 2.05) is 0 Å². The fourth-order valence-corrected chi connectivity index (χ4v) is 2.91. The zero-order chi connectivity index (χ0) is 15.1. The summed E-state index contributed by atoms with van der Waals surface area (Å²) in [5.74, 6) is -0.714. The van der Waals surface area contributed by atoms with Crippen molar-refractivity contribution < 1.29 is 19.4 Å². The summed E-state index contributed by atoms with van der Waals surface area (Å²) >= 11 is 0. The molecule has 1 unspecified atom stereocenters. The molecule has 1 aliphatic carbocycles. The zero-order valence-corrected chi connectivity index (χ0v) is 12.9. The summed E-state index contributed by atoms with van der Waals surface area (Å²) in [6, 6.07) is 0. The van der Waals surface area contributed by atoms with Crippen molar-refractivity contribution in [2.24, 2.45) is 17.8 Å². The van der Waals surface area contributed by atoms with Crippen LogP contribution in [-0.4, -0.2) is 23.1 Å². The average Bonchev–Trinajstić information content (AvgIpc) is 2.38. The molecular formula is C16H28O4. The molecule has 0 aromatic carbocycles. The first-order valence-electron chi connectivity index (χ1n) is 7.87. The molecule has 116 valence electrons. The van der Waals surface area contributed by atoms with Crippen LogP contribution in [0.1, 0.15) is 65.7 Å². The molecular weight excluding hydrogens is 256 g/mol. The summed E-state index contributed by atoms with van der Waals surface area (Å²) in [6.07, 6.45) is 5.33. The van der Waals surface area contributed by atoms with Crippen molar-refractivity contribution in [1.82, 2.24) is 0 Å². The van der Waals surface area contributed by atoms with Gasteiger partial charge in [-0.25, -0.2) is 0 Å². The number of rotatable bonds is 7. The number of esters is 1. The van der Waals surface area contributed by atoms with E-state index in [2.05, 4.69) is 20.8 Å². The van der Waals surface area contributed by atoms with Crippen LogP contribution in [0.4, 0.5) is 0 Å². The summed E-state index contributed by atoms with van der Waals surface area (Å²) in [7, 11) is 0. The van der Waals surface area contributed by atoms with Crippen molar-refractivity contribution in [2.75, 3.05) is 0 Å². The van der Waals surface area contributed by atoms with E-state index in [9.17, 15) is 9.59 Å². The molecule has 0 spiro atoms. The molecule has 1 N–H and O–H groups in total. The van der Waals surface area contributed by atoms with Crippen LogP contribution in [0.3, 0.4) is 0 Å². The van der Waals surface area contributed by atoms with Crippen LogP contribution in [0.5, 0.6) is 0 Å². The molecule has 4 heteroatoms. The lowest BCUT2D eigenvalue weighted by Crippen LogP contribution is -2.30. The van der Waals surface area contributed by atoms with Gasteiger partial charge in [-0.1, -0.05) is 27.2 Å². The highest BCUT2D eigenvalue weighted by molar-refractivity contribution is 5.74. The van der Waals surface area contributed by atoms with Crippen LogP contribution in [0.15, 0.2) is 0 Å². The largest absolute Gasteiger partial charge is 0.481 e. The number of aliphatic carboxylic acids is 1. The van der Waals surface area contributed by atoms with Gasteiger partial charge in [-0.05, 0) is 44.4 Å². The number of carboxylic acid groups (broad SMARTS) is 1. The van der Waals surface area contributed by atoms with E-state index in [4.69, 9.17) is 9.84 Å². The number of hydrogen-bond donors (Lipinski definition) is 1. The molecule has 20 heavy (non-hydrogen) atoms. The highest BCUT2D eigenvalue weighted by Crippen LogP contribution is 2.30. The third-order valence-corrected chi connectivity index (χ3v) is 4.04. The lowest BCUT2D eigenvalue weighted by Gasteiger charge is -2.27. The van der Waals surface area contributed by atoms with E-state index < -0.39 is 5.97 Å². The summed E-state index contributed by atoms with van der Waals surface area (Å²) in [5, 5.41) is 8.96. The number of carbonyl (C=O) groups excluding carboxylic acids is 1. The van der Waals surface area contributed by atoms with Crippen molar-refractivity contribution in [1.29, 1.82) is 0 Å². The van der Waals surface area contributed by atoms with Crippen LogP contribution in [0.2, 0.25) is 0 Å². The van der Waals surface area contributed by atoms with Gasteiger partial charge in [0.2, 0.25) is 0 Å². The zero-order valence-electron chi connectivity index (χ0n) is 12.9. The van der Waals surface area contributed by atoms with Gasteiger partial charge in [-0.3, -0.25) is 9.59 Å². The summed E-state index contributed by atoms with van der Waals surface area (Å²) in [6.45, 7) is 6.36. The Kier molecular flexibility index (Phi) is 7.03. The van der Waals surface area contributed by atoms with Crippen LogP contribution < -0.4 is 0 Å². The molecule has 0 saturated heterocycles. The van der Waals surface area contributed by atoms with Gasteiger partial charge in [0.1, 0.15) is 6.10 Å². The second-order valence-corrected chi connectivity index (χ2v) is 6.36. The van der Waals surface area contributed by atoms with Gasteiger partial charge in [-0.15, -0.1) is 0 Å². The quantitative estimate of drug-likeness (QED) is 0.725. The molecule has 4 nitrogen and oxygen atoms in total. The topological polar surface area (TPSA) is 63.6 Å². The molecule has 0 aliphatic heterocycles. The molecule has 0 aromatic heterocycles. The van der Waals surface area contributed by atoms with Gasteiger partial charge < -0.3 is 9.84 Å². The van der Waals surface area contributed by atoms with Crippen LogP contribution in [0, 0.1) is 17.8 Å². The minimum atomic E-state index is -0.736. The van der Waals surface area contributed by atoms with Crippen molar-refractivity contribution in [3.05, 3.63) is 0 Å². The van der Waals surface area contributed by atoms with Crippen LogP contribution >= 0.6 is 0 Å². The Bertz CT molecular complexity index is 316. The predicted molar refractivity (Wildman–Crippen MR) is 77.3 cm³/mol. The third-order valence-electron chi connectivity index (χ3n) is 4.04. The van der Waals surface area contributed by atoms with Crippen LogP contribution in [-0.2, 0) is 14.3 Å². The molecule has 1 fully saturated rings. The number of ether oxygens (including phenoxy) is 1. The maximum absolute atomic E-state index is 12.2. The second kappa shape index (κ2) is 8.28. The molecule has 1 rings (SSSR count). The molecule has 0 aromatic rings. The maximum Gasteiger partial charge on any atom is 0.309 e. The lowest BCUT2D eigenvalue weighted by atomic mass is 9.82. The summed E-state index contributed by atoms with van der Waals surface area (Å²) < 4.78 is 5.65. The van der Waals surface area contributed by atoms with Gasteiger partial charge in [-0.2, -0.15) is 0 Å². The minimum absolute atomic E-state index is 0.0182. The Labute approximate surface area is 121 Å². The molecule has 1 saturated carbocycles. The normalized spacial score (nSPS) is 24.4. The van der Waals surface area contributed by atoms with Crippen molar-refractivity contribution in [3.63, 3.8) is 0 Å². The van der Waals surface area contributed by atoms with Crippen molar-refractivity contribution >= 4 is 11.9 Å². The highest BCUT2D eigenvalue weighted by Gasteiger charge is 2.31. The average molecular weight is 284 g/mol. The fourth-order valence-electron chi connectivity index (χ4n) is 2.91. The second-order valence-electron chi connectivity index (χ2n) is 6.36.